The van der Waals surface area contributed by atoms with Crippen LogP contribution in [0, 0.1) is 0 Å². The molecule has 0 aliphatic rings. The number of hydrogen-bond donors (Lipinski definition) is 3. The lowest BCUT2D eigenvalue weighted by atomic mass is 10.3. The van der Waals surface area contributed by atoms with Gasteiger partial charge in [-0.25, -0.2) is 0 Å². The minimum Gasteiger partial charge on any atom is -0.396 e. The van der Waals surface area contributed by atoms with E-state index in [2.05, 4.69) is 10.6 Å². The first-order valence-corrected chi connectivity index (χ1v) is 4.85. The smallest absolute Gasteiger partial charge is 0.239 e. The van der Waals surface area contributed by atoms with Gasteiger partial charge in [0.25, 0.3) is 0 Å². The maximum atomic E-state index is 11.0. The SMILES string of the molecule is CCCNC(=O)CNC(=O)CCCO. The molecule has 14 heavy (non-hydrogen) atoms. The lowest BCUT2D eigenvalue weighted by Gasteiger charge is -2.05. The average molecular weight is 202 g/mol. The van der Waals surface area contributed by atoms with Crippen LogP contribution in [0.2, 0.25) is 0 Å². The third-order valence-corrected chi connectivity index (χ3v) is 1.58. The third-order valence-electron chi connectivity index (χ3n) is 1.58. The van der Waals surface area contributed by atoms with Crippen LogP contribution in [0.3, 0.4) is 0 Å². The fourth-order valence-corrected chi connectivity index (χ4v) is 0.834. The van der Waals surface area contributed by atoms with Crippen molar-refractivity contribution >= 4 is 11.8 Å². The van der Waals surface area contributed by atoms with Crippen molar-refractivity contribution in [3.63, 3.8) is 0 Å². The second-order valence-electron chi connectivity index (χ2n) is 2.95. The predicted octanol–water partition coefficient (Wildman–Crippen LogP) is -0.599. The Hall–Kier alpha value is -1.10. The molecule has 2 amide bonds. The van der Waals surface area contributed by atoms with E-state index < -0.39 is 0 Å². The predicted molar refractivity (Wildman–Crippen MR) is 52.6 cm³/mol. The molecule has 3 N–H and O–H groups in total. The van der Waals surface area contributed by atoms with E-state index in [0.717, 1.165) is 6.42 Å². The summed E-state index contributed by atoms with van der Waals surface area (Å²) in [6, 6.07) is 0. The number of nitrogens with one attached hydrogen (secondary N) is 2. The molecule has 0 fully saturated rings. The Kier molecular flexibility index (Phi) is 7.83. The minimum absolute atomic E-state index is 0.00451. The molecule has 0 atom stereocenters. The summed E-state index contributed by atoms with van der Waals surface area (Å²) in [6.45, 7) is 2.60. The lowest BCUT2D eigenvalue weighted by molar-refractivity contribution is -0.126. The summed E-state index contributed by atoms with van der Waals surface area (Å²) in [4.78, 5) is 22.0. The van der Waals surface area contributed by atoms with Crippen LogP contribution in [0.5, 0.6) is 0 Å². The van der Waals surface area contributed by atoms with E-state index in [1.165, 1.54) is 0 Å². The molecule has 0 aliphatic carbocycles. The van der Waals surface area contributed by atoms with Gasteiger partial charge in [0.05, 0.1) is 6.54 Å². The Bertz CT molecular complexity index is 163. The Labute approximate surface area is 83.9 Å². The van der Waals surface area contributed by atoms with Crippen LogP contribution >= 0.6 is 0 Å². The highest BCUT2D eigenvalue weighted by atomic mass is 16.3. The zero-order valence-electron chi connectivity index (χ0n) is 8.51. The van der Waals surface area contributed by atoms with Crippen LogP contribution in [0.25, 0.3) is 0 Å². The van der Waals surface area contributed by atoms with Gasteiger partial charge in [-0.05, 0) is 12.8 Å². The number of rotatable bonds is 7. The van der Waals surface area contributed by atoms with Crippen molar-refractivity contribution < 1.29 is 14.7 Å². The van der Waals surface area contributed by atoms with Crippen LogP contribution in [0.15, 0.2) is 0 Å². The monoisotopic (exact) mass is 202 g/mol. The lowest BCUT2D eigenvalue weighted by Crippen LogP contribution is -2.37. The van der Waals surface area contributed by atoms with Gasteiger partial charge in [0.1, 0.15) is 0 Å². The van der Waals surface area contributed by atoms with Gasteiger partial charge in [-0.3, -0.25) is 9.59 Å². The molecular weight excluding hydrogens is 184 g/mol. The highest BCUT2D eigenvalue weighted by Gasteiger charge is 2.03. The van der Waals surface area contributed by atoms with Crippen LogP contribution in [-0.2, 0) is 9.59 Å². The van der Waals surface area contributed by atoms with Gasteiger partial charge in [0.2, 0.25) is 11.8 Å². The van der Waals surface area contributed by atoms with Crippen molar-refractivity contribution in [3.05, 3.63) is 0 Å². The van der Waals surface area contributed by atoms with E-state index in [4.69, 9.17) is 5.11 Å². The third kappa shape index (κ3) is 7.54. The van der Waals surface area contributed by atoms with Crippen molar-refractivity contribution in [3.8, 4) is 0 Å². The molecule has 0 spiro atoms. The van der Waals surface area contributed by atoms with Gasteiger partial charge < -0.3 is 15.7 Å². The van der Waals surface area contributed by atoms with Gasteiger partial charge in [-0.1, -0.05) is 6.92 Å². The summed E-state index contributed by atoms with van der Waals surface area (Å²) in [7, 11) is 0. The molecule has 0 unspecified atom stereocenters. The van der Waals surface area contributed by atoms with Crippen molar-refractivity contribution in [2.75, 3.05) is 19.7 Å². The van der Waals surface area contributed by atoms with Gasteiger partial charge in [-0.2, -0.15) is 0 Å². The molecule has 0 radical (unpaired) electrons. The Balaban J connectivity index is 3.41. The molecule has 0 heterocycles. The average Bonchev–Trinajstić information content (AvgIpc) is 2.20. The summed E-state index contributed by atoms with van der Waals surface area (Å²) < 4.78 is 0. The molecule has 0 aliphatic heterocycles. The van der Waals surface area contributed by atoms with E-state index >= 15 is 0 Å². The van der Waals surface area contributed by atoms with Gasteiger partial charge in [0, 0.05) is 19.6 Å². The second kappa shape index (κ2) is 8.50. The van der Waals surface area contributed by atoms with Gasteiger partial charge in [-0.15, -0.1) is 0 Å². The molecule has 0 saturated carbocycles. The Morgan fingerprint density at radius 1 is 1.21 bits per heavy atom. The fraction of sp³-hybridized carbons (Fsp3) is 0.778. The zero-order valence-corrected chi connectivity index (χ0v) is 8.51. The second-order valence-corrected chi connectivity index (χ2v) is 2.95. The summed E-state index contributed by atoms with van der Waals surface area (Å²) in [5.41, 5.74) is 0. The first kappa shape index (κ1) is 12.9. The minimum atomic E-state index is -0.203. The first-order valence-electron chi connectivity index (χ1n) is 4.85. The molecule has 0 aromatic heterocycles. The highest BCUT2D eigenvalue weighted by molar-refractivity contribution is 5.84. The van der Waals surface area contributed by atoms with E-state index in [-0.39, 0.29) is 31.4 Å². The maximum absolute atomic E-state index is 11.0. The number of amides is 2. The largest absolute Gasteiger partial charge is 0.396 e. The number of aliphatic hydroxyl groups is 1. The van der Waals surface area contributed by atoms with Crippen LogP contribution in [0.4, 0.5) is 0 Å². The van der Waals surface area contributed by atoms with Crippen LogP contribution in [-0.4, -0.2) is 36.6 Å². The molecule has 0 saturated heterocycles. The molecule has 5 heteroatoms. The zero-order chi connectivity index (χ0) is 10.8. The molecule has 82 valence electrons. The van der Waals surface area contributed by atoms with E-state index in [1.54, 1.807) is 0 Å². The topological polar surface area (TPSA) is 78.4 Å². The fourth-order valence-electron chi connectivity index (χ4n) is 0.834. The summed E-state index contributed by atoms with van der Waals surface area (Å²) in [5.74, 6) is -0.380. The first-order chi connectivity index (χ1) is 6.70. The maximum Gasteiger partial charge on any atom is 0.239 e. The summed E-state index contributed by atoms with van der Waals surface area (Å²) in [6.07, 6.45) is 1.57. The van der Waals surface area contributed by atoms with Crippen molar-refractivity contribution in [2.24, 2.45) is 0 Å². The van der Waals surface area contributed by atoms with Crippen molar-refractivity contribution in [2.45, 2.75) is 26.2 Å². The molecule has 0 rings (SSSR count). The number of carbonyl (C=O) groups is 2. The van der Waals surface area contributed by atoms with E-state index in [0.29, 0.717) is 13.0 Å². The Morgan fingerprint density at radius 2 is 1.93 bits per heavy atom. The van der Waals surface area contributed by atoms with Crippen molar-refractivity contribution in [1.82, 2.24) is 10.6 Å². The van der Waals surface area contributed by atoms with Gasteiger partial charge in [0.15, 0.2) is 0 Å². The van der Waals surface area contributed by atoms with Crippen LogP contribution < -0.4 is 10.6 Å². The highest BCUT2D eigenvalue weighted by Crippen LogP contribution is 1.85. The summed E-state index contributed by atoms with van der Waals surface area (Å²) >= 11 is 0. The number of hydrogen-bond acceptors (Lipinski definition) is 3. The Morgan fingerprint density at radius 3 is 2.50 bits per heavy atom. The van der Waals surface area contributed by atoms with Gasteiger partial charge >= 0.3 is 0 Å². The van der Waals surface area contributed by atoms with Crippen LogP contribution in [0.1, 0.15) is 26.2 Å². The molecule has 5 nitrogen and oxygen atoms in total. The van der Waals surface area contributed by atoms with E-state index in [9.17, 15) is 9.59 Å². The quantitative estimate of drug-likeness (QED) is 0.516. The standard InChI is InChI=1S/C9H18N2O3/c1-2-5-10-9(14)7-11-8(13)4-3-6-12/h12H,2-7H2,1H3,(H,10,14)(H,11,13). The molecular formula is C9H18N2O3. The normalized spacial score (nSPS) is 9.57. The molecule has 0 bridgehead atoms. The van der Waals surface area contributed by atoms with Crippen molar-refractivity contribution in [1.29, 1.82) is 0 Å². The molecule has 0 aromatic carbocycles. The molecule has 0 aromatic rings. The number of carbonyl (C=O) groups excluding carboxylic acids is 2. The van der Waals surface area contributed by atoms with E-state index in [1.807, 2.05) is 6.92 Å². The summed E-state index contributed by atoms with van der Waals surface area (Å²) in [5, 5.41) is 13.6. The number of aliphatic hydroxyl groups excluding tert-OH is 1.